The largest absolute Gasteiger partial charge is 0.336 e. The Hall–Kier alpha value is -2.65. The maximum atomic E-state index is 12.9. The molecule has 132 valence electrons. The summed E-state index contributed by atoms with van der Waals surface area (Å²) in [6.07, 6.45) is 0. The van der Waals surface area contributed by atoms with Crippen molar-refractivity contribution in [3.63, 3.8) is 0 Å². The second-order valence-corrected chi connectivity index (χ2v) is 7.41. The summed E-state index contributed by atoms with van der Waals surface area (Å²) in [5.41, 5.74) is 0.517. The molecule has 0 saturated carbocycles. The molecule has 3 aromatic rings. The summed E-state index contributed by atoms with van der Waals surface area (Å²) in [5, 5.41) is 5.41. The van der Waals surface area contributed by atoms with Crippen LogP contribution >= 0.6 is 23.1 Å². The normalized spacial score (nSPS) is 14.0. The number of thiophene rings is 1. The molecule has 4 rings (SSSR count). The molecule has 0 spiro atoms. The summed E-state index contributed by atoms with van der Waals surface area (Å²) >= 11 is 2.54. The van der Waals surface area contributed by atoms with Gasteiger partial charge < -0.3 is 5.32 Å². The topological polar surface area (TPSA) is 84.3 Å². The van der Waals surface area contributed by atoms with Crippen LogP contribution in [0.2, 0.25) is 0 Å². The molecule has 1 aliphatic heterocycles. The van der Waals surface area contributed by atoms with Crippen molar-refractivity contribution < 1.29 is 9.59 Å². The highest BCUT2D eigenvalue weighted by molar-refractivity contribution is 7.99. The first-order chi connectivity index (χ1) is 12.6. The second kappa shape index (κ2) is 6.93. The first-order valence-electron chi connectivity index (χ1n) is 7.92. The van der Waals surface area contributed by atoms with Crippen molar-refractivity contribution in [3.05, 3.63) is 52.1 Å². The van der Waals surface area contributed by atoms with Crippen LogP contribution in [-0.2, 0) is 4.79 Å². The molecule has 7 nitrogen and oxygen atoms in total. The number of nitrogens with one attached hydrogen (secondary N) is 1. The lowest BCUT2D eigenvalue weighted by Gasteiger charge is -2.14. The molecule has 1 saturated heterocycles. The number of imide groups is 1. The zero-order valence-electron chi connectivity index (χ0n) is 13.5. The van der Waals surface area contributed by atoms with Crippen LogP contribution in [-0.4, -0.2) is 45.2 Å². The molecule has 0 bridgehead atoms. The van der Waals surface area contributed by atoms with E-state index in [2.05, 4.69) is 10.3 Å². The van der Waals surface area contributed by atoms with E-state index in [1.807, 2.05) is 35.7 Å². The van der Waals surface area contributed by atoms with Gasteiger partial charge in [-0.3, -0.25) is 19.1 Å². The number of rotatable bonds is 4. The van der Waals surface area contributed by atoms with Crippen molar-refractivity contribution >= 4 is 45.3 Å². The third kappa shape index (κ3) is 2.99. The number of fused-ring (bicyclic) bond motifs is 1. The van der Waals surface area contributed by atoms with Gasteiger partial charge >= 0.3 is 6.03 Å². The Labute approximate surface area is 156 Å². The number of para-hydroxylation sites is 1. The van der Waals surface area contributed by atoms with Crippen LogP contribution in [0.1, 0.15) is 0 Å². The number of aromatic nitrogens is 2. The van der Waals surface area contributed by atoms with E-state index in [9.17, 15) is 14.4 Å². The number of carbonyl (C=O) groups is 2. The maximum absolute atomic E-state index is 12.9. The number of nitrogens with zero attached hydrogens (tertiary/aromatic N) is 3. The van der Waals surface area contributed by atoms with E-state index in [1.165, 1.54) is 20.8 Å². The first-order valence-corrected chi connectivity index (χ1v) is 9.78. The SMILES string of the molecule is O=C(CSc1nc2sccc2c(=O)n1-c1ccccc1)N1CCNC1=O. The zero-order chi connectivity index (χ0) is 18.1. The predicted octanol–water partition coefficient (Wildman–Crippen LogP) is 2.09. The molecule has 2 aromatic heterocycles. The van der Waals surface area contributed by atoms with Gasteiger partial charge in [-0.25, -0.2) is 9.78 Å². The molecule has 1 N–H and O–H groups in total. The minimum atomic E-state index is -0.377. The number of urea groups is 1. The molecule has 1 aliphatic rings. The molecular formula is C17H14N4O3S2. The molecule has 3 heterocycles. The molecule has 9 heteroatoms. The van der Waals surface area contributed by atoms with Gasteiger partial charge in [-0.2, -0.15) is 0 Å². The number of amides is 3. The average Bonchev–Trinajstić information content (AvgIpc) is 3.29. The van der Waals surface area contributed by atoms with Gasteiger partial charge in [0, 0.05) is 13.1 Å². The molecule has 1 fully saturated rings. The Bertz CT molecular complexity index is 1050. The molecule has 0 atom stereocenters. The Morgan fingerprint density at radius 2 is 2.04 bits per heavy atom. The molecule has 0 radical (unpaired) electrons. The van der Waals surface area contributed by atoms with Crippen LogP contribution < -0.4 is 10.9 Å². The smallest absolute Gasteiger partial charge is 0.324 e. The van der Waals surface area contributed by atoms with Crippen LogP contribution in [0.3, 0.4) is 0 Å². The lowest BCUT2D eigenvalue weighted by atomic mass is 10.3. The van der Waals surface area contributed by atoms with Crippen LogP contribution in [0.25, 0.3) is 15.9 Å². The number of hydrogen-bond donors (Lipinski definition) is 1. The lowest BCUT2D eigenvalue weighted by molar-refractivity contribution is -0.124. The number of carbonyl (C=O) groups excluding carboxylic acids is 2. The van der Waals surface area contributed by atoms with Crippen molar-refractivity contribution in [2.24, 2.45) is 0 Å². The van der Waals surface area contributed by atoms with Crippen molar-refractivity contribution in [1.82, 2.24) is 19.8 Å². The molecule has 0 aliphatic carbocycles. The van der Waals surface area contributed by atoms with Gasteiger partial charge in [-0.15, -0.1) is 11.3 Å². The van der Waals surface area contributed by atoms with Crippen molar-refractivity contribution in [1.29, 1.82) is 0 Å². The van der Waals surface area contributed by atoms with Gasteiger partial charge in [-0.1, -0.05) is 30.0 Å². The summed E-state index contributed by atoms with van der Waals surface area (Å²) in [6, 6.07) is 10.6. The second-order valence-electron chi connectivity index (χ2n) is 5.58. The summed E-state index contributed by atoms with van der Waals surface area (Å²) < 4.78 is 1.51. The fourth-order valence-electron chi connectivity index (χ4n) is 2.71. The summed E-state index contributed by atoms with van der Waals surface area (Å²) in [5.74, 6) is -0.269. The number of hydrogen-bond acceptors (Lipinski definition) is 6. The fraction of sp³-hybridized carbons (Fsp3) is 0.176. The summed E-state index contributed by atoms with van der Waals surface area (Å²) in [6.45, 7) is 0.824. The third-order valence-electron chi connectivity index (χ3n) is 3.96. The van der Waals surface area contributed by atoms with Crippen LogP contribution in [0.15, 0.2) is 51.7 Å². The predicted molar refractivity (Wildman–Crippen MR) is 101 cm³/mol. The van der Waals surface area contributed by atoms with E-state index < -0.39 is 0 Å². The minimum Gasteiger partial charge on any atom is -0.336 e. The van der Waals surface area contributed by atoms with Crippen LogP contribution in [0.5, 0.6) is 0 Å². The summed E-state index contributed by atoms with van der Waals surface area (Å²) in [4.78, 5) is 43.2. The Balaban J connectivity index is 1.70. The van der Waals surface area contributed by atoms with Crippen molar-refractivity contribution in [2.45, 2.75) is 5.16 Å². The van der Waals surface area contributed by atoms with Gasteiger partial charge in [0.2, 0.25) is 5.91 Å². The molecule has 0 unspecified atom stereocenters. The minimum absolute atomic E-state index is 0.0313. The van der Waals surface area contributed by atoms with Gasteiger partial charge in [0.05, 0.1) is 16.8 Å². The summed E-state index contributed by atoms with van der Waals surface area (Å²) in [7, 11) is 0. The van der Waals surface area contributed by atoms with Crippen molar-refractivity contribution in [3.8, 4) is 5.69 Å². The maximum Gasteiger partial charge on any atom is 0.324 e. The van der Waals surface area contributed by atoms with Crippen molar-refractivity contribution in [2.75, 3.05) is 18.8 Å². The highest BCUT2D eigenvalue weighted by Gasteiger charge is 2.26. The highest BCUT2D eigenvalue weighted by Crippen LogP contribution is 2.24. The van der Waals surface area contributed by atoms with Gasteiger partial charge in [0.15, 0.2) is 5.16 Å². The average molecular weight is 386 g/mol. The molecule has 26 heavy (non-hydrogen) atoms. The van der Waals surface area contributed by atoms with E-state index in [-0.39, 0.29) is 23.3 Å². The molecular weight excluding hydrogens is 372 g/mol. The lowest BCUT2D eigenvalue weighted by Crippen LogP contribution is -2.35. The first kappa shape index (κ1) is 16.8. The van der Waals surface area contributed by atoms with Crippen LogP contribution in [0.4, 0.5) is 4.79 Å². The van der Waals surface area contributed by atoms with Gasteiger partial charge in [-0.05, 0) is 23.6 Å². The number of benzene rings is 1. The zero-order valence-corrected chi connectivity index (χ0v) is 15.2. The monoisotopic (exact) mass is 386 g/mol. The van der Waals surface area contributed by atoms with E-state index in [4.69, 9.17) is 0 Å². The van der Waals surface area contributed by atoms with Gasteiger partial charge in [0.1, 0.15) is 4.83 Å². The van der Waals surface area contributed by atoms with E-state index in [1.54, 1.807) is 6.07 Å². The number of thioether (sulfide) groups is 1. The Morgan fingerprint density at radius 3 is 2.77 bits per heavy atom. The van der Waals surface area contributed by atoms with E-state index in [0.717, 1.165) is 11.8 Å². The third-order valence-corrected chi connectivity index (χ3v) is 5.69. The highest BCUT2D eigenvalue weighted by atomic mass is 32.2. The van der Waals surface area contributed by atoms with E-state index >= 15 is 0 Å². The molecule has 1 aromatic carbocycles. The van der Waals surface area contributed by atoms with Crippen LogP contribution in [0, 0.1) is 0 Å². The molecule has 3 amide bonds. The Kier molecular flexibility index (Phi) is 4.48. The van der Waals surface area contributed by atoms with Gasteiger partial charge in [0.25, 0.3) is 5.56 Å². The quantitative estimate of drug-likeness (QED) is 0.548. The van der Waals surface area contributed by atoms with E-state index in [0.29, 0.717) is 34.1 Å². The standard InChI is InChI=1S/C17H14N4O3S2/c22-13(20-8-7-18-16(20)24)10-26-17-19-14-12(6-9-25-14)15(23)21(17)11-4-2-1-3-5-11/h1-6,9H,7-8,10H2,(H,18,24). The fourth-order valence-corrected chi connectivity index (χ4v) is 4.40. The Morgan fingerprint density at radius 1 is 1.23 bits per heavy atom.